The van der Waals surface area contributed by atoms with E-state index in [1.165, 1.54) is 83.5 Å². The maximum absolute atomic E-state index is 11.6. The Balaban J connectivity index is 3.38. The van der Waals surface area contributed by atoms with E-state index in [2.05, 4.69) is 17.6 Å². The van der Waals surface area contributed by atoms with Crippen LogP contribution in [0.1, 0.15) is 104 Å². The Labute approximate surface area is 183 Å². The number of amides is 1. The van der Waals surface area contributed by atoms with Crippen molar-refractivity contribution in [3.63, 3.8) is 0 Å². The second-order valence-corrected chi connectivity index (χ2v) is 7.83. The van der Waals surface area contributed by atoms with E-state index in [4.69, 9.17) is 17.0 Å². The first-order valence-electron chi connectivity index (χ1n) is 11.5. The molecule has 2 N–H and O–H groups in total. The lowest BCUT2D eigenvalue weighted by atomic mass is 10.0. The predicted molar refractivity (Wildman–Crippen MR) is 125 cm³/mol. The number of rotatable bonds is 18. The van der Waals surface area contributed by atoms with E-state index in [0.717, 1.165) is 25.1 Å². The standard InChI is InChI=1S/C23H42N2O3S/c1-3-5-6-7-8-9-10-11-12-13-14-15-16-17-20-24-23(29)25-21(26)18-19-22(27)28-4-2/h18-19H,3-17,20H2,1-2H3,(H2,24,25,26,29). The zero-order chi connectivity index (χ0) is 21.6. The van der Waals surface area contributed by atoms with Crippen LogP contribution in [0.25, 0.3) is 0 Å². The van der Waals surface area contributed by atoms with Gasteiger partial charge in [0.25, 0.3) is 0 Å². The Hall–Kier alpha value is -1.43. The van der Waals surface area contributed by atoms with Crippen molar-refractivity contribution in [1.82, 2.24) is 10.6 Å². The molecule has 0 saturated heterocycles. The van der Waals surface area contributed by atoms with Crippen LogP contribution in [0.2, 0.25) is 0 Å². The van der Waals surface area contributed by atoms with Crippen molar-refractivity contribution in [2.75, 3.05) is 13.2 Å². The first-order chi connectivity index (χ1) is 14.1. The van der Waals surface area contributed by atoms with Crippen molar-refractivity contribution < 1.29 is 14.3 Å². The van der Waals surface area contributed by atoms with Gasteiger partial charge in [-0.25, -0.2) is 4.79 Å². The molecule has 5 nitrogen and oxygen atoms in total. The van der Waals surface area contributed by atoms with Gasteiger partial charge < -0.3 is 10.1 Å². The minimum absolute atomic E-state index is 0.282. The van der Waals surface area contributed by atoms with Crippen molar-refractivity contribution in [3.05, 3.63) is 12.2 Å². The molecule has 168 valence electrons. The fourth-order valence-electron chi connectivity index (χ4n) is 3.05. The zero-order valence-corrected chi connectivity index (χ0v) is 19.4. The van der Waals surface area contributed by atoms with Gasteiger partial charge in [0, 0.05) is 18.7 Å². The van der Waals surface area contributed by atoms with Crippen molar-refractivity contribution in [3.8, 4) is 0 Å². The normalized spacial score (nSPS) is 10.8. The molecule has 29 heavy (non-hydrogen) atoms. The summed E-state index contributed by atoms with van der Waals surface area (Å²) in [4.78, 5) is 22.7. The molecule has 0 aliphatic heterocycles. The van der Waals surface area contributed by atoms with E-state index in [9.17, 15) is 9.59 Å². The molecule has 0 aliphatic rings. The highest BCUT2D eigenvalue weighted by atomic mass is 32.1. The van der Waals surface area contributed by atoms with Crippen LogP contribution in [-0.2, 0) is 14.3 Å². The molecule has 0 rings (SSSR count). The number of thiocarbonyl (C=S) groups is 1. The maximum atomic E-state index is 11.6. The monoisotopic (exact) mass is 426 g/mol. The third kappa shape index (κ3) is 21.1. The largest absolute Gasteiger partial charge is 0.463 e. The number of hydrogen-bond acceptors (Lipinski definition) is 4. The highest BCUT2D eigenvalue weighted by molar-refractivity contribution is 7.80. The first-order valence-corrected chi connectivity index (χ1v) is 11.9. The summed E-state index contributed by atoms with van der Waals surface area (Å²) in [6.07, 6.45) is 20.8. The van der Waals surface area contributed by atoms with E-state index >= 15 is 0 Å². The van der Waals surface area contributed by atoms with E-state index in [-0.39, 0.29) is 6.61 Å². The van der Waals surface area contributed by atoms with E-state index in [1.807, 2.05) is 0 Å². The van der Waals surface area contributed by atoms with Crippen molar-refractivity contribution in [2.24, 2.45) is 0 Å². The average molecular weight is 427 g/mol. The molecule has 0 saturated carbocycles. The summed E-state index contributed by atoms with van der Waals surface area (Å²) in [6.45, 7) is 5.01. The van der Waals surface area contributed by atoms with Gasteiger partial charge in [0.15, 0.2) is 5.11 Å². The number of hydrogen-bond donors (Lipinski definition) is 2. The number of ether oxygens (including phenoxy) is 1. The fourth-order valence-corrected chi connectivity index (χ4v) is 3.26. The summed E-state index contributed by atoms with van der Waals surface area (Å²) in [5.74, 6) is -0.972. The van der Waals surface area contributed by atoms with Crippen LogP contribution in [0.4, 0.5) is 0 Å². The number of carbonyl (C=O) groups is 2. The Morgan fingerprint density at radius 1 is 0.759 bits per heavy atom. The molecule has 0 spiro atoms. The second-order valence-electron chi connectivity index (χ2n) is 7.43. The molecule has 0 bridgehead atoms. The Bertz CT molecular complexity index is 467. The van der Waals surface area contributed by atoms with Gasteiger partial charge in [-0.15, -0.1) is 0 Å². The summed E-state index contributed by atoms with van der Waals surface area (Å²) >= 11 is 5.07. The van der Waals surface area contributed by atoms with E-state index in [1.54, 1.807) is 6.92 Å². The van der Waals surface area contributed by atoms with Crippen LogP contribution in [-0.4, -0.2) is 30.1 Å². The lowest BCUT2D eigenvalue weighted by Crippen LogP contribution is -2.38. The molecule has 0 heterocycles. The van der Waals surface area contributed by atoms with Crippen molar-refractivity contribution in [2.45, 2.75) is 104 Å². The summed E-state index contributed by atoms with van der Waals surface area (Å²) in [6, 6.07) is 0. The molecule has 6 heteroatoms. The fraction of sp³-hybridized carbons (Fsp3) is 0.783. The van der Waals surface area contributed by atoms with Gasteiger partial charge in [0.1, 0.15) is 0 Å². The molecular formula is C23H42N2O3S. The van der Waals surface area contributed by atoms with Crippen LogP contribution >= 0.6 is 12.2 Å². The van der Waals surface area contributed by atoms with Crippen molar-refractivity contribution in [1.29, 1.82) is 0 Å². The van der Waals surface area contributed by atoms with Gasteiger partial charge in [-0.3, -0.25) is 10.1 Å². The minimum Gasteiger partial charge on any atom is -0.463 e. The number of unbranched alkanes of at least 4 members (excludes halogenated alkanes) is 13. The topological polar surface area (TPSA) is 67.4 Å². The Morgan fingerprint density at radius 3 is 1.72 bits per heavy atom. The van der Waals surface area contributed by atoms with Crippen LogP contribution in [0.5, 0.6) is 0 Å². The lowest BCUT2D eigenvalue weighted by molar-refractivity contribution is -0.137. The van der Waals surface area contributed by atoms with Gasteiger partial charge in [0.2, 0.25) is 5.91 Å². The zero-order valence-electron chi connectivity index (χ0n) is 18.6. The number of esters is 1. The summed E-state index contributed by atoms with van der Waals surface area (Å²) in [5, 5.41) is 5.82. The van der Waals surface area contributed by atoms with Gasteiger partial charge in [-0.2, -0.15) is 0 Å². The van der Waals surface area contributed by atoms with E-state index < -0.39 is 11.9 Å². The molecule has 0 aromatic carbocycles. The predicted octanol–water partition coefficient (Wildman–Crippen LogP) is 5.58. The van der Waals surface area contributed by atoms with Gasteiger partial charge in [0.05, 0.1) is 6.61 Å². The molecule has 0 fully saturated rings. The lowest BCUT2D eigenvalue weighted by Gasteiger charge is -2.08. The second kappa shape index (κ2) is 21.3. The highest BCUT2D eigenvalue weighted by Gasteiger charge is 2.02. The number of carbonyl (C=O) groups excluding carboxylic acids is 2. The third-order valence-electron chi connectivity index (χ3n) is 4.71. The summed E-state index contributed by atoms with van der Waals surface area (Å²) < 4.78 is 4.70. The van der Waals surface area contributed by atoms with Crippen molar-refractivity contribution >= 4 is 29.2 Å². The molecule has 0 aromatic rings. The average Bonchev–Trinajstić information content (AvgIpc) is 2.69. The maximum Gasteiger partial charge on any atom is 0.330 e. The molecule has 0 aromatic heterocycles. The van der Waals surface area contributed by atoms with Gasteiger partial charge >= 0.3 is 5.97 Å². The minimum atomic E-state index is -0.538. The molecular weight excluding hydrogens is 384 g/mol. The molecule has 0 radical (unpaired) electrons. The van der Waals surface area contributed by atoms with Crippen LogP contribution < -0.4 is 10.6 Å². The van der Waals surface area contributed by atoms with Gasteiger partial charge in [-0.05, 0) is 25.6 Å². The summed E-state index contributed by atoms with van der Waals surface area (Å²) in [7, 11) is 0. The van der Waals surface area contributed by atoms with Crippen LogP contribution in [0, 0.1) is 0 Å². The third-order valence-corrected chi connectivity index (χ3v) is 4.96. The quantitative estimate of drug-likeness (QED) is 0.130. The number of nitrogens with one attached hydrogen (secondary N) is 2. The van der Waals surface area contributed by atoms with Crippen LogP contribution in [0.3, 0.4) is 0 Å². The SMILES string of the molecule is CCCCCCCCCCCCCCCCNC(=S)NC(=O)C=CC(=O)OCC. The van der Waals surface area contributed by atoms with E-state index in [0.29, 0.717) is 5.11 Å². The molecule has 0 aliphatic carbocycles. The van der Waals surface area contributed by atoms with Gasteiger partial charge in [-0.1, -0.05) is 90.4 Å². The molecule has 0 unspecified atom stereocenters. The Morgan fingerprint density at radius 2 is 1.24 bits per heavy atom. The van der Waals surface area contributed by atoms with Crippen LogP contribution in [0.15, 0.2) is 12.2 Å². The Kier molecular flexibility index (Phi) is 20.2. The highest BCUT2D eigenvalue weighted by Crippen LogP contribution is 2.12. The first kappa shape index (κ1) is 27.6. The molecule has 1 amide bonds. The molecule has 0 atom stereocenters. The summed E-state index contributed by atoms with van der Waals surface area (Å²) in [5.41, 5.74) is 0. The smallest absolute Gasteiger partial charge is 0.330 e.